The van der Waals surface area contributed by atoms with Crippen molar-refractivity contribution >= 4 is 52.0 Å². The maximum atomic E-state index is 12.2. The molecule has 1 atom stereocenters. The van der Waals surface area contributed by atoms with Gasteiger partial charge in [-0.25, -0.2) is 4.98 Å². The standard InChI is InChI=1S/C14H14N4OS4/c1-8(2)5-21-13-17-18-14(23-13)22-7-11(19)10(4-15)12-16-9(3)6-20-12/h6,10H,1,5,7H2,2-3H3/t10-/m1/s1. The number of aromatic nitrogens is 3. The molecule has 2 heterocycles. The van der Waals surface area contributed by atoms with E-state index in [1.54, 1.807) is 11.8 Å². The molecule has 0 aliphatic carbocycles. The van der Waals surface area contributed by atoms with E-state index in [-0.39, 0.29) is 11.5 Å². The van der Waals surface area contributed by atoms with E-state index >= 15 is 0 Å². The third kappa shape index (κ3) is 5.42. The summed E-state index contributed by atoms with van der Waals surface area (Å²) in [5.74, 6) is 0.0407. The van der Waals surface area contributed by atoms with Crippen LogP contribution in [0.15, 0.2) is 26.2 Å². The number of nitrogens with zero attached hydrogens (tertiary/aromatic N) is 4. The monoisotopic (exact) mass is 382 g/mol. The highest BCUT2D eigenvalue weighted by Gasteiger charge is 2.23. The smallest absolute Gasteiger partial charge is 0.175 e. The SMILES string of the molecule is C=C(C)CSc1nnc(SCC(=O)[C@@H](C#N)c2nc(C)cs2)s1. The first-order chi connectivity index (χ1) is 11.0. The second kappa shape index (κ2) is 8.59. The zero-order chi connectivity index (χ0) is 16.8. The number of aryl methyl sites for hydroxylation is 1. The lowest BCUT2D eigenvalue weighted by Crippen LogP contribution is -2.13. The molecule has 5 nitrogen and oxygen atoms in total. The van der Waals surface area contributed by atoms with E-state index < -0.39 is 5.92 Å². The van der Waals surface area contributed by atoms with Crippen molar-refractivity contribution in [1.82, 2.24) is 15.2 Å². The van der Waals surface area contributed by atoms with Gasteiger partial charge in [-0.2, -0.15) is 5.26 Å². The maximum absolute atomic E-state index is 12.2. The maximum Gasteiger partial charge on any atom is 0.175 e. The molecular weight excluding hydrogens is 368 g/mol. The van der Waals surface area contributed by atoms with Crippen LogP contribution in [-0.4, -0.2) is 32.5 Å². The van der Waals surface area contributed by atoms with Crippen LogP contribution in [0, 0.1) is 18.3 Å². The Morgan fingerprint density at radius 3 is 2.57 bits per heavy atom. The lowest BCUT2D eigenvalue weighted by Gasteiger charge is -2.03. The molecule has 120 valence electrons. The summed E-state index contributed by atoms with van der Waals surface area (Å²) >= 11 is 5.69. The highest BCUT2D eigenvalue weighted by atomic mass is 32.2. The molecule has 0 N–H and O–H groups in total. The average molecular weight is 383 g/mol. The predicted octanol–water partition coefficient (Wildman–Crippen LogP) is 3.94. The van der Waals surface area contributed by atoms with E-state index in [1.165, 1.54) is 34.4 Å². The van der Waals surface area contributed by atoms with Crippen LogP contribution < -0.4 is 0 Å². The number of hydrogen-bond donors (Lipinski definition) is 0. The van der Waals surface area contributed by atoms with Crippen LogP contribution in [0.2, 0.25) is 0 Å². The Kier molecular flexibility index (Phi) is 6.77. The number of ketones is 1. The Balaban J connectivity index is 1.91. The second-order valence-electron chi connectivity index (χ2n) is 4.72. The predicted molar refractivity (Wildman–Crippen MR) is 96.4 cm³/mol. The summed E-state index contributed by atoms with van der Waals surface area (Å²) in [7, 11) is 0. The van der Waals surface area contributed by atoms with Gasteiger partial charge in [0.15, 0.2) is 20.4 Å². The number of carbonyl (C=O) groups excluding carboxylic acids is 1. The minimum Gasteiger partial charge on any atom is -0.297 e. The normalized spacial score (nSPS) is 11.9. The van der Waals surface area contributed by atoms with Gasteiger partial charge in [0.05, 0.1) is 11.8 Å². The summed E-state index contributed by atoms with van der Waals surface area (Å²) in [6.07, 6.45) is 0. The fourth-order valence-electron chi connectivity index (χ4n) is 1.48. The third-order valence-corrected chi connectivity index (χ3v) is 6.97. The number of carbonyl (C=O) groups is 1. The van der Waals surface area contributed by atoms with Crippen molar-refractivity contribution in [1.29, 1.82) is 5.26 Å². The van der Waals surface area contributed by atoms with Gasteiger partial charge < -0.3 is 0 Å². The molecule has 0 radical (unpaired) electrons. The van der Waals surface area contributed by atoms with E-state index in [9.17, 15) is 10.1 Å². The molecule has 2 aromatic heterocycles. The van der Waals surface area contributed by atoms with Crippen LogP contribution in [0.4, 0.5) is 0 Å². The van der Waals surface area contributed by atoms with Gasteiger partial charge in [-0.3, -0.25) is 4.79 Å². The first kappa shape index (κ1) is 18.1. The van der Waals surface area contributed by atoms with Gasteiger partial charge in [-0.15, -0.1) is 21.5 Å². The Morgan fingerprint density at radius 2 is 2.04 bits per heavy atom. The van der Waals surface area contributed by atoms with Crippen molar-refractivity contribution in [2.45, 2.75) is 28.4 Å². The Morgan fingerprint density at radius 1 is 1.39 bits per heavy atom. The molecule has 0 bridgehead atoms. The van der Waals surface area contributed by atoms with Gasteiger partial charge in [-0.1, -0.05) is 47.0 Å². The van der Waals surface area contributed by atoms with Gasteiger partial charge in [0.2, 0.25) is 0 Å². The molecule has 0 spiro atoms. The molecule has 0 aliphatic rings. The Bertz CT molecular complexity index is 746. The van der Waals surface area contributed by atoms with Gasteiger partial charge >= 0.3 is 0 Å². The number of nitriles is 1. The van der Waals surface area contributed by atoms with Crippen molar-refractivity contribution in [3.63, 3.8) is 0 Å². The molecule has 9 heteroatoms. The molecule has 0 fully saturated rings. The molecule has 0 amide bonds. The van der Waals surface area contributed by atoms with Crippen LogP contribution >= 0.6 is 46.2 Å². The van der Waals surface area contributed by atoms with Gasteiger partial charge in [0, 0.05) is 16.8 Å². The first-order valence-corrected chi connectivity index (χ1v) is 10.2. The molecule has 2 aromatic rings. The van der Waals surface area contributed by atoms with Crippen LogP contribution in [0.1, 0.15) is 23.5 Å². The van der Waals surface area contributed by atoms with Crippen molar-refractivity contribution in [3.05, 3.63) is 28.2 Å². The molecular formula is C14H14N4OS4. The van der Waals surface area contributed by atoms with Gasteiger partial charge in [0.1, 0.15) is 5.01 Å². The minimum atomic E-state index is -0.800. The molecule has 0 saturated heterocycles. The van der Waals surface area contributed by atoms with Crippen molar-refractivity contribution in [3.8, 4) is 6.07 Å². The zero-order valence-electron chi connectivity index (χ0n) is 12.6. The molecule has 0 aromatic carbocycles. The fourth-order valence-corrected chi connectivity index (χ4v) is 5.11. The molecule has 23 heavy (non-hydrogen) atoms. The quantitative estimate of drug-likeness (QED) is 0.505. The summed E-state index contributed by atoms with van der Waals surface area (Å²) in [6.45, 7) is 7.66. The topological polar surface area (TPSA) is 79.5 Å². The summed E-state index contributed by atoms with van der Waals surface area (Å²) in [4.78, 5) is 16.5. The average Bonchev–Trinajstić information content (AvgIpc) is 3.13. The number of Topliss-reactive ketones (excluding diaryl/α,β-unsaturated/α-hetero) is 1. The van der Waals surface area contributed by atoms with E-state index in [4.69, 9.17) is 0 Å². The van der Waals surface area contributed by atoms with Crippen molar-refractivity contribution in [2.24, 2.45) is 0 Å². The zero-order valence-corrected chi connectivity index (χ0v) is 15.9. The molecule has 0 unspecified atom stereocenters. The number of thioether (sulfide) groups is 2. The van der Waals surface area contributed by atoms with Crippen LogP contribution in [0.5, 0.6) is 0 Å². The van der Waals surface area contributed by atoms with E-state index in [1.807, 2.05) is 25.3 Å². The lowest BCUT2D eigenvalue weighted by atomic mass is 10.1. The van der Waals surface area contributed by atoms with E-state index in [2.05, 4.69) is 21.8 Å². The van der Waals surface area contributed by atoms with E-state index in [0.29, 0.717) is 5.01 Å². The van der Waals surface area contributed by atoms with Gasteiger partial charge in [0.25, 0.3) is 0 Å². The number of hydrogen-bond acceptors (Lipinski definition) is 9. The Labute approximate surface area is 151 Å². The number of thiazole rings is 1. The van der Waals surface area contributed by atoms with Crippen LogP contribution in [-0.2, 0) is 4.79 Å². The fraction of sp³-hybridized carbons (Fsp3) is 0.357. The molecule has 2 rings (SSSR count). The van der Waals surface area contributed by atoms with Crippen molar-refractivity contribution < 1.29 is 4.79 Å². The van der Waals surface area contributed by atoms with Crippen molar-refractivity contribution in [2.75, 3.05) is 11.5 Å². The lowest BCUT2D eigenvalue weighted by molar-refractivity contribution is -0.116. The van der Waals surface area contributed by atoms with Crippen LogP contribution in [0.3, 0.4) is 0 Å². The highest BCUT2D eigenvalue weighted by Crippen LogP contribution is 2.31. The van der Waals surface area contributed by atoms with E-state index in [0.717, 1.165) is 25.7 Å². The highest BCUT2D eigenvalue weighted by molar-refractivity contribution is 8.03. The first-order valence-electron chi connectivity index (χ1n) is 6.57. The second-order valence-corrected chi connectivity index (χ2v) is 9.04. The van der Waals surface area contributed by atoms with Crippen LogP contribution in [0.25, 0.3) is 0 Å². The molecule has 0 saturated carbocycles. The third-order valence-electron chi connectivity index (χ3n) is 2.50. The summed E-state index contributed by atoms with van der Waals surface area (Å²) in [5.41, 5.74) is 1.90. The largest absolute Gasteiger partial charge is 0.297 e. The summed E-state index contributed by atoms with van der Waals surface area (Å²) in [5, 5.41) is 19.8. The Hall–Kier alpha value is -1.21. The minimum absolute atomic E-state index is 0.154. The number of rotatable bonds is 8. The molecule has 0 aliphatic heterocycles. The summed E-state index contributed by atoms with van der Waals surface area (Å²) < 4.78 is 1.59. The van der Waals surface area contributed by atoms with Gasteiger partial charge in [-0.05, 0) is 13.8 Å². The summed E-state index contributed by atoms with van der Waals surface area (Å²) in [6, 6.07) is 2.04.